The van der Waals surface area contributed by atoms with Crippen molar-refractivity contribution < 1.29 is 24.5 Å². The molecule has 1 saturated heterocycles. The minimum atomic E-state index is -1.18. The number of ether oxygens (including phenoxy) is 1. The van der Waals surface area contributed by atoms with Crippen molar-refractivity contribution in [3.05, 3.63) is 123 Å². The van der Waals surface area contributed by atoms with Crippen LogP contribution in [0.4, 0.5) is 0 Å². The maximum Gasteiger partial charge on any atom is 0.256 e. The fraction of sp³-hybridized carbons (Fsp3) is 0.316. The van der Waals surface area contributed by atoms with Crippen LogP contribution in [-0.4, -0.2) is 57.1 Å². The molecule has 2 atom stereocenters. The number of thiocarbonyl (C=S) groups is 2. The Morgan fingerprint density at radius 2 is 1.25 bits per heavy atom. The first kappa shape index (κ1) is 33.5. The summed E-state index contributed by atoms with van der Waals surface area (Å²) in [6, 6.07) is 20.5. The lowest BCUT2D eigenvalue weighted by Crippen LogP contribution is -2.46. The van der Waals surface area contributed by atoms with E-state index >= 15 is 0 Å². The Kier molecular flexibility index (Phi) is 9.78. The third-order valence-corrected chi connectivity index (χ3v) is 10.1. The van der Waals surface area contributed by atoms with Gasteiger partial charge in [0.05, 0.1) is 46.0 Å². The molecule has 0 spiro atoms. The van der Waals surface area contributed by atoms with Gasteiger partial charge in [0.15, 0.2) is 0 Å². The van der Waals surface area contributed by atoms with Gasteiger partial charge in [0, 0.05) is 12.1 Å². The smallest absolute Gasteiger partial charge is 0.256 e. The Hall–Kier alpha value is -4.38. The summed E-state index contributed by atoms with van der Waals surface area (Å²) in [4.78, 5) is 30.6. The molecule has 3 aromatic rings. The van der Waals surface area contributed by atoms with Crippen LogP contribution in [-0.2, 0) is 16.1 Å². The predicted octanol–water partition coefficient (Wildman–Crippen LogP) is 6.49. The summed E-state index contributed by atoms with van der Waals surface area (Å²) >= 11 is 11.2. The van der Waals surface area contributed by atoms with Gasteiger partial charge in [-0.05, 0) is 68.6 Å². The van der Waals surface area contributed by atoms with Gasteiger partial charge in [-0.1, -0.05) is 96.6 Å². The number of benzene rings is 3. The Morgan fingerprint density at radius 1 is 0.771 bits per heavy atom. The van der Waals surface area contributed by atoms with Crippen LogP contribution in [0.25, 0.3) is 0 Å². The second-order valence-corrected chi connectivity index (χ2v) is 13.6. The third kappa shape index (κ3) is 6.52. The van der Waals surface area contributed by atoms with Crippen molar-refractivity contribution in [2.45, 2.75) is 57.4 Å². The molecular formula is C38H39N3O5S2. The molecule has 0 aliphatic carbocycles. The van der Waals surface area contributed by atoms with E-state index in [1.54, 1.807) is 13.2 Å². The quantitative estimate of drug-likeness (QED) is 0.200. The maximum atomic E-state index is 14.0. The van der Waals surface area contributed by atoms with Gasteiger partial charge in [0.2, 0.25) is 0 Å². The average Bonchev–Trinajstić information content (AvgIpc) is 3.06. The molecule has 3 heterocycles. The van der Waals surface area contributed by atoms with Crippen molar-refractivity contribution in [1.82, 2.24) is 15.5 Å². The molecule has 0 unspecified atom stereocenters. The number of hydrogen-bond donors (Lipinski definition) is 4. The first-order chi connectivity index (χ1) is 23.1. The highest BCUT2D eigenvalue weighted by molar-refractivity contribution is 7.80. The minimum Gasteiger partial charge on any atom is -0.511 e. The normalized spacial score (nSPS) is 20.7. The summed E-state index contributed by atoms with van der Waals surface area (Å²) in [7, 11) is 1.61. The third-order valence-electron chi connectivity index (χ3n) is 9.47. The predicted molar refractivity (Wildman–Crippen MR) is 193 cm³/mol. The van der Waals surface area contributed by atoms with Crippen LogP contribution in [0.1, 0.15) is 70.4 Å². The number of rotatable bonds is 8. The number of aliphatic hydroxyl groups is 2. The molecule has 3 aliphatic rings. The summed E-state index contributed by atoms with van der Waals surface area (Å²) < 4.78 is 5.75. The van der Waals surface area contributed by atoms with Crippen molar-refractivity contribution in [3.8, 4) is 5.75 Å². The van der Waals surface area contributed by atoms with Crippen LogP contribution in [0.3, 0.4) is 0 Å². The number of piperidine rings is 1. The Labute approximate surface area is 291 Å². The summed E-state index contributed by atoms with van der Waals surface area (Å²) in [5.74, 6) is -4.05. The van der Waals surface area contributed by atoms with Crippen LogP contribution < -0.4 is 15.4 Å². The molecule has 6 rings (SSSR count). The molecule has 4 N–H and O–H groups in total. The van der Waals surface area contributed by atoms with E-state index in [1.807, 2.05) is 74.5 Å². The van der Waals surface area contributed by atoms with E-state index in [1.165, 1.54) is 6.42 Å². The molecule has 2 amide bonds. The van der Waals surface area contributed by atoms with Gasteiger partial charge in [0.1, 0.15) is 17.3 Å². The molecule has 1 fully saturated rings. The molecule has 3 aromatic carbocycles. The molecular weight excluding hydrogens is 643 g/mol. The highest BCUT2D eigenvalue weighted by Gasteiger charge is 2.45. The highest BCUT2D eigenvalue weighted by Crippen LogP contribution is 2.45. The zero-order valence-corrected chi connectivity index (χ0v) is 28.8. The van der Waals surface area contributed by atoms with Gasteiger partial charge < -0.3 is 25.6 Å². The molecule has 48 heavy (non-hydrogen) atoms. The van der Waals surface area contributed by atoms with Crippen molar-refractivity contribution in [3.63, 3.8) is 0 Å². The maximum absolute atomic E-state index is 14.0. The summed E-state index contributed by atoms with van der Waals surface area (Å²) in [5, 5.41) is 29.7. The largest absolute Gasteiger partial charge is 0.511 e. The Balaban J connectivity index is 1.58. The van der Waals surface area contributed by atoms with E-state index in [0.29, 0.717) is 29.0 Å². The first-order valence-corrected chi connectivity index (χ1v) is 17.0. The van der Waals surface area contributed by atoms with E-state index in [0.717, 1.165) is 42.6 Å². The summed E-state index contributed by atoms with van der Waals surface area (Å²) in [5.41, 5.74) is 4.67. The molecule has 10 heteroatoms. The van der Waals surface area contributed by atoms with Crippen LogP contribution in [0.2, 0.25) is 0 Å². The molecule has 0 radical (unpaired) electrons. The lowest BCUT2D eigenvalue weighted by molar-refractivity contribution is -0.117. The minimum absolute atomic E-state index is 0.0737. The van der Waals surface area contributed by atoms with Crippen LogP contribution >= 0.6 is 24.4 Å². The molecule has 0 saturated carbocycles. The molecule has 8 nitrogen and oxygen atoms in total. The fourth-order valence-electron chi connectivity index (χ4n) is 6.93. The van der Waals surface area contributed by atoms with Gasteiger partial charge >= 0.3 is 0 Å². The average molecular weight is 682 g/mol. The number of nitrogens with zero attached hydrogens (tertiary/aromatic N) is 1. The van der Waals surface area contributed by atoms with E-state index in [-0.39, 0.29) is 32.6 Å². The second-order valence-electron chi connectivity index (χ2n) is 12.8. The van der Waals surface area contributed by atoms with Gasteiger partial charge in [-0.15, -0.1) is 0 Å². The molecule has 248 valence electrons. The zero-order valence-electron chi connectivity index (χ0n) is 27.2. The highest BCUT2D eigenvalue weighted by atomic mass is 32.1. The number of carbonyl (C=O) groups excluding carboxylic acids is 2. The van der Waals surface area contributed by atoms with Crippen molar-refractivity contribution in [2.24, 2.45) is 0 Å². The number of hydrogen-bond acceptors (Lipinski definition) is 8. The van der Waals surface area contributed by atoms with E-state index in [4.69, 9.17) is 29.2 Å². The number of nitrogens with one attached hydrogen (secondary N) is 2. The standard InChI is InChI=1S/C38H39N3O5S2/c1-21-7-11-23(12-8-21)29-33(42)31(35(44)39-37(29)47)28(25-15-16-27(46-3)26(19-25)20-41-17-5-4-6-18-41)32-34(43)30(38(48)40-36(32)45)24-13-9-22(2)10-14-24/h7-16,19,28-30,42-43H,4-6,17-18,20H2,1-3H3,(H,39,44,47)(H,40,45,48)/t29-,30-/m0/s1. The molecule has 0 bridgehead atoms. The SMILES string of the molecule is COc1ccc(C(C2=C(O)[C@H](c3ccc(C)cc3)C(=S)NC2=O)C2=C(O)[C@H](c3ccc(C)cc3)C(=S)NC2=O)cc1CN1CCCCC1. The lowest BCUT2D eigenvalue weighted by Gasteiger charge is -2.35. The Morgan fingerprint density at radius 3 is 1.71 bits per heavy atom. The monoisotopic (exact) mass is 681 g/mol. The molecule has 3 aliphatic heterocycles. The summed E-state index contributed by atoms with van der Waals surface area (Å²) in [6.07, 6.45) is 3.40. The van der Waals surface area contributed by atoms with Gasteiger partial charge in [0.25, 0.3) is 11.8 Å². The van der Waals surface area contributed by atoms with E-state index in [2.05, 4.69) is 15.5 Å². The zero-order chi connectivity index (χ0) is 34.1. The van der Waals surface area contributed by atoms with Crippen molar-refractivity contribution in [2.75, 3.05) is 20.2 Å². The summed E-state index contributed by atoms with van der Waals surface area (Å²) in [6.45, 7) is 6.41. The number of carbonyl (C=O) groups is 2. The van der Waals surface area contributed by atoms with Crippen LogP contribution in [0.15, 0.2) is 89.4 Å². The Bertz CT molecular complexity index is 1740. The molecule has 0 aromatic heterocycles. The topological polar surface area (TPSA) is 111 Å². The van der Waals surface area contributed by atoms with Gasteiger partial charge in [-0.3, -0.25) is 14.5 Å². The van der Waals surface area contributed by atoms with Gasteiger partial charge in [-0.2, -0.15) is 0 Å². The van der Waals surface area contributed by atoms with E-state index in [9.17, 15) is 19.8 Å². The number of aryl methyl sites for hydroxylation is 2. The van der Waals surface area contributed by atoms with E-state index < -0.39 is 29.6 Å². The number of methoxy groups -OCH3 is 1. The first-order valence-electron chi connectivity index (χ1n) is 16.2. The van der Waals surface area contributed by atoms with Gasteiger partial charge in [-0.25, -0.2) is 0 Å². The fourth-order valence-corrected chi connectivity index (χ4v) is 7.61. The van der Waals surface area contributed by atoms with Crippen molar-refractivity contribution in [1.29, 1.82) is 0 Å². The number of likely N-dealkylation sites (tertiary alicyclic amines) is 1. The van der Waals surface area contributed by atoms with Crippen LogP contribution in [0, 0.1) is 13.8 Å². The van der Waals surface area contributed by atoms with Crippen molar-refractivity contribution >= 4 is 46.2 Å². The lowest BCUT2D eigenvalue weighted by atomic mass is 9.75. The second kappa shape index (κ2) is 14.0. The van der Waals surface area contributed by atoms with Crippen LogP contribution in [0.5, 0.6) is 5.75 Å². The number of aliphatic hydroxyl groups excluding tert-OH is 2. The number of amides is 2.